The van der Waals surface area contributed by atoms with E-state index in [4.69, 9.17) is 4.42 Å². The van der Waals surface area contributed by atoms with Crippen LogP contribution >= 0.6 is 11.3 Å². The lowest BCUT2D eigenvalue weighted by Gasteiger charge is -2.18. The van der Waals surface area contributed by atoms with Crippen molar-refractivity contribution in [3.8, 4) is 33.4 Å². The number of fused-ring (bicyclic) bond motifs is 11. The van der Waals surface area contributed by atoms with Gasteiger partial charge in [0.15, 0.2) is 0 Å². The number of furan rings is 1. The van der Waals surface area contributed by atoms with Gasteiger partial charge in [-0.2, -0.15) is 0 Å². The van der Waals surface area contributed by atoms with Crippen molar-refractivity contribution in [1.82, 2.24) is 0 Å². The van der Waals surface area contributed by atoms with E-state index in [1.165, 1.54) is 107 Å². The lowest BCUT2D eigenvalue weighted by Crippen LogP contribution is -1.91. The maximum Gasteiger partial charge on any atom is 0.136 e. The van der Waals surface area contributed by atoms with Crippen LogP contribution in [0.25, 0.3) is 119 Å². The normalized spacial score (nSPS) is 12.1. The summed E-state index contributed by atoms with van der Waals surface area (Å²) in [6.07, 6.45) is 0. The van der Waals surface area contributed by atoms with Crippen molar-refractivity contribution >= 4 is 96.5 Å². The van der Waals surface area contributed by atoms with Gasteiger partial charge in [0.25, 0.3) is 0 Å². The van der Waals surface area contributed by atoms with Gasteiger partial charge in [-0.1, -0.05) is 140 Å². The van der Waals surface area contributed by atoms with Crippen molar-refractivity contribution in [3.63, 3.8) is 0 Å². The van der Waals surface area contributed by atoms with Crippen LogP contribution in [-0.2, 0) is 0 Å². The summed E-state index contributed by atoms with van der Waals surface area (Å²) in [5.41, 5.74) is 9.33. The summed E-state index contributed by atoms with van der Waals surface area (Å²) >= 11 is 1.84. The largest absolute Gasteiger partial charge is 0.456 e. The molecule has 0 spiro atoms. The van der Waals surface area contributed by atoms with E-state index in [-0.39, 0.29) is 0 Å². The van der Waals surface area contributed by atoms with Gasteiger partial charge in [-0.05, 0) is 119 Å². The highest BCUT2D eigenvalue weighted by Crippen LogP contribution is 2.46. The Morgan fingerprint density at radius 1 is 0.296 bits per heavy atom. The molecule has 0 N–H and O–H groups in total. The highest BCUT2D eigenvalue weighted by Gasteiger charge is 2.18. The zero-order valence-electron chi connectivity index (χ0n) is 29.1. The van der Waals surface area contributed by atoms with E-state index in [1.807, 2.05) is 11.3 Å². The lowest BCUT2D eigenvalue weighted by atomic mass is 9.85. The minimum Gasteiger partial charge on any atom is -0.456 e. The van der Waals surface area contributed by atoms with Crippen LogP contribution in [0.2, 0.25) is 0 Å². The zero-order valence-corrected chi connectivity index (χ0v) is 30.0. The molecule has 0 unspecified atom stereocenters. The van der Waals surface area contributed by atoms with Crippen molar-refractivity contribution in [2.75, 3.05) is 0 Å². The first-order valence-electron chi connectivity index (χ1n) is 18.5. The van der Waals surface area contributed by atoms with Crippen LogP contribution in [0, 0.1) is 0 Å². The Kier molecular flexibility index (Phi) is 6.28. The van der Waals surface area contributed by atoms with E-state index >= 15 is 0 Å². The molecule has 10 aromatic carbocycles. The van der Waals surface area contributed by atoms with E-state index in [2.05, 4.69) is 182 Å². The summed E-state index contributed by atoms with van der Waals surface area (Å²) in [5.74, 6) is 0. The summed E-state index contributed by atoms with van der Waals surface area (Å²) in [5, 5.41) is 15.0. The van der Waals surface area contributed by atoms with Gasteiger partial charge in [0.2, 0.25) is 0 Å². The van der Waals surface area contributed by atoms with E-state index in [0.29, 0.717) is 0 Å². The number of thiophene rings is 1. The Bertz CT molecular complexity index is 3450. The second kappa shape index (κ2) is 11.4. The summed E-state index contributed by atoms with van der Waals surface area (Å²) in [6.45, 7) is 0. The molecule has 0 fully saturated rings. The number of rotatable bonds is 3. The molecule has 0 bridgehead atoms. The first kappa shape index (κ1) is 29.8. The molecule has 0 aliphatic carbocycles. The Labute approximate surface area is 314 Å². The first-order valence-corrected chi connectivity index (χ1v) is 19.3. The Hall–Kier alpha value is -6.74. The molecule has 250 valence electrons. The molecule has 0 saturated carbocycles. The molecule has 2 heteroatoms. The zero-order chi connectivity index (χ0) is 35.3. The summed E-state index contributed by atoms with van der Waals surface area (Å²) in [6, 6.07) is 66.9. The van der Waals surface area contributed by atoms with Crippen molar-refractivity contribution < 1.29 is 4.42 Å². The molecule has 12 rings (SSSR count). The smallest absolute Gasteiger partial charge is 0.136 e. The maximum atomic E-state index is 6.43. The predicted molar refractivity (Wildman–Crippen MR) is 233 cm³/mol. The van der Waals surface area contributed by atoms with Crippen molar-refractivity contribution in [2.24, 2.45) is 0 Å². The first-order chi connectivity index (χ1) is 26.7. The fourth-order valence-corrected chi connectivity index (χ4v) is 10.0. The highest BCUT2D eigenvalue weighted by atomic mass is 32.1. The third-order valence-corrected chi connectivity index (χ3v) is 12.5. The molecule has 54 heavy (non-hydrogen) atoms. The average Bonchev–Trinajstić information content (AvgIpc) is 3.78. The van der Waals surface area contributed by atoms with E-state index in [1.54, 1.807) is 0 Å². The number of hydrogen-bond acceptors (Lipinski definition) is 2. The van der Waals surface area contributed by atoms with Crippen LogP contribution in [0.3, 0.4) is 0 Å². The van der Waals surface area contributed by atoms with Crippen LogP contribution < -0.4 is 0 Å². The number of benzene rings is 10. The van der Waals surface area contributed by atoms with Gasteiger partial charge in [0, 0.05) is 30.9 Å². The van der Waals surface area contributed by atoms with E-state index in [9.17, 15) is 0 Å². The molecule has 0 aliphatic heterocycles. The van der Waals surface area contributed by atoms with E-state index < -0.39 is 0 Å². The monoisotopic (exact) mass is 702 g/mol. The van der Waals surface area contributed by atoms with Gasteiger partial charge in [0.1, 0.15) is 11.2 Å². The third kappa shape index (κ3) is 4.38. The maximum absolute atomic E-state index is 6.43. The summed E-state index contributed by atoms with van der Waals surface area (Å²) in [4.78, 5) is 0. The topological polar surface area (TPSA) is 13.1 Å². The minimum absolute atomic E-state index is 0.938. The van der Waals surface area contributed by atoms with Gasteiger partial charge < -0.3 is 4.42 Å². The molecule has 12 aromatic rings. The predicted octanol–water partition coefficient (Wildman–Crippen LogP) is 15.6. The van der Waals surface area contributed by atoms with E-state index in [0.717, 1.165) is 11.2 Å². The summed E-state index contributed by atoms with van der Waals surface area (Å²) in [7, 11) is 0. The van der Waals surface area contributed by atoms with Crippen LogP contribution in [0.1, 0.15) is 0 Å². The standard InChI is InChI=1S/C52H30OS/c1-2-12-33-26-37(21-20-31(33)10-1)51-41-18-7-5-16-39(41)50(40-17-6-8-19-42(40)51)36-14-9-13-34(27-36)35-23-25-48-43(28-35)44-29-45-47(30-49(44)54-48)53-46-24-22-32-11-3-4-15-38(32)52(45)46/h1-30H. The van der Waals surface area contributed by atoms with Crippen LogP contribution in [0.4, 0.5) is 0 Å². The van der Waals surface area contributed by atoms with Crippen LogP contribution in [0.15, 0.2) is 186 Å². The minimum atomic E-state index is 0.938. The molecule has 0 atom stereocenters. The van der Waals surface area contributed by atoms with Crippen molar-refractivity contribution in [2.45, 2.75) is 0 Å². The second-order valence-corrected chi connectivity index (χ2v) is 15.5. The van der Waals surface area contributed by atoms with Crippen molar-refractivity contribution in [1.29, 1.82) is 0 Å². The fraction of sp³-hybridized carbons (Fsp3) is 0. The van der Waals surface area contributed by atoms with Gasteiger partial charge >= 0.3 is 0 Å². The third-order valence-electron chi connectivity index (χ3n) is 11.4. The van der Waals surface area contributed by atoms with Gasteiger partial charge in [-0.3, -0.25) is 0 Å². The van der Waals surface area contributed by atoms with Crippen LogP contribution in [0.5, 0.6) is 0 Å². The van der Waals surface area contributed by atoms with Crippen LogP contribution in [-0.4, -0.2) is 0 Å². The number of hydrogen-bond donors (Lipinski definition) is 0. The molecular weight excluding hydrogens is 673 g/mol. The molecule has 0 aliphatic rings. The molecule has 0 radical (unpaired) electrons. The molecule has 0 amide bonds. The molecule has 1 nitrogen and oxygen atoms in total. The van der Waals surface area contributed by atoms with Crippen molar-refractivity contribution in [3.05, 3.63) is 182 Å². The molecule has 0 saturated heterocycles. The average molecular weight is 703 g/mol. The Balaban J connectivity index is 1.04. The summed E-state index contributed by atoms with van der Waals surface area (Å²) < 4.78 is 8.96. The lowest BCUT2D eigenvalue weighted by molar-refractivity contribution is 0.670. The fourth-order valence-electron chi connectivity index (χ4n) is 8.95. The molecular formula is C52H30OS. The quantitative estimate of drug-likeness (QED) is 0.167. The van der Waals surface area contributed by atoms with Gasteiger partial charge in [-0.15, -0.1) is 11.3 Å². The van der Waals surface area contributed by atoms with Gasteiger partial charge in [0.05, 0.1) is 0 Å². The molecule has 2 aromatic heterocycles. The highest BCUT2D eigenvalue weighted by molar-refractivity contribution is 7.25. The Morgan fingerprint density at radius 2 is 0.870 bits per heavy atom. The Morgan fingerprint density at radius 3 is 1.63 bits per heavy atom. The molecule has 2 heterocycles. The second-order valence-electron chi connectivity index (χ2n) is 14.4. The van der Waals surface area contributed by atoms with Gasteiger partial charge in [-0.25, -0.2) is 0 Å². The SMILES string of the molecule is c1cc(-c2ccc3sc4cc5oc6ccc7ccccc7c6c5cc4c3c2)cc(-c2c3ccccc3c(-c3ccc4ccccc4c3)c3ccccc23)c1.